The van der Waals surface area contributed by atoms with Gasteiger partial charge in [0.1, 0.15) is 6.54 Å². The number of carbonyl (C=O) groups excluding carboxylic acids is 2. The molecule has 0 N–H and O–H groups in total. The molecule has 0 saturated heterocycles. The van der Waals surface area contributed by atoms with Crippen molar-refractivity contribution in [1.82, 2.24) is 14.4 Å². The van der Waals surface area contributed by atoms with Crippen molar-refractivity contribution < 1.29 is 9.59 Å². The lowest BCUT2D eigenvalue weighted by Crippen LogP contribution is -2.47. The molecule has 1 aromatic carbocycles. The van der Waals surface area contributed by atoms with Crippen LogP contribution in [-0.4, -0.2) is 38.8 Å². The van der Waals surface area contributed by atoms with E-state index in [9.17, 15) is 9.59 Å². The Balaban J connectivity index is 2.23. The van der Waals surface area contributed by atoms with Gasteiger partial charge in [-0.2, -0.15) is 0 Å². The Bertz CT molecular complexity index is 767. The molecule has 152 valence electrons. The first-order valence-electron chi connectivity index (χ1n) is 10.1. The van der Waals surface area contributed by atoms with Crippen LogP contribution in [-0.2, 0) is 29.7 Å². The van der Waals surface area contributed by atoms with Gasteiger partial charge < -0.3 is 14.4 Å². The number of rotatable bonds is 9. The van der Waals surface area contributed by atoms with E-state index in [-0.39, 0.29) is 30.3 Å². The molecule has 0 spiro atoms. The van der Waals surface area contributed by atoms with E-state index >= 15 is 0 Å². The van der Waals surface area contributed by atoms with Gasteiger partial charge in [0.25, 0.3) is 0 Å². The SMILES string of the molecule is CC[C@H](C)N(CC(=O)N(Cc1ccccc1)Cc1cccn1C)C(=O)C(C)C. The zero-order valence-electron chi connectivity index (χ0n) is 17.8. The Morgan fingerprint density at radius 1 is 1.00 bits per heavy atom. The highest BCUT2D eigenvalue weighted by atomic mass is 16.2. The van der Waals surface area contributed by atoms with Gasteiger partial charge in [0.05, 0.1) is 6.54 Å². The van der Waals surface area contributed by atoms with Gasteiger partial charge >= 0.3 is 0 Å². The maximum absolute atomic E-state index is 13.3. The number of amides is 2. The molecule has 0 aliphatic rings. The van der Waals surface area contributed by atoms with Crippen molar-refractivity contribution in [2.45, 2.75) is 53.2 Å². The summed E-state index contributed by atoms with van der Waals surface area (Å²) in [5, 5.41) is 0. The number of carbonyl (C=O) groups is 2. The van der Waals surface area contributed by atoms with E-state index in [0.717, 1.165) is 17.7 Å². The van der Waals surface area contributed by atoms with Crippen LogP contribution in [0.1, 0.15) is 45.4 Å². The van der Waals surface area contributed by atoms with Gasteiger partial charge in [-0.1, -0.05) is 51.1 Å². The first-order chi connectivity index (χ1) is 13.3. The lowest BCUT2D eigenvalue weighted by atomic mass is 10.1. The first-order valence-corrected chi connectivity index (χ1v) is 10.1. The van der Waals surface area contributed by atoms with Gasteiger partial charge in [-0.15, -0.1) is 0 Å². The van der Waals surface area contributed by atoms with Crippen LogP contribution in [0.2, 0.25) is 0 Å². The fourth-order valence-electron chi connectivity index (χ4n) is 3.14. The minimum absolute atomic E-state index is 0.0284. The number of hydrogen-bond donors (Lipinski definition) is 0. The average molecular weight is 384 g/mol. The molecule has 0 unspecified atom stereocenters. The molecule has 0 bridgehead atoms. The third-order valence-corrected chi connectivity index (χ3v) is 5.18. The van der Waals surface area contributed by atoms with Crippen molar-refractivity contribution in [3.8, 4) is 0 Å². The third-order valence-electron chi connectivity index (χ3n) is 5.18. The molecular weight excluding hydrogens is 350 g/mol. The van der Waals surface area contributed by atoms with Crippen LogP contribution >= 0.6 is 0 Å². The van der Waals surface area contributed by atoms with Crippen molar-refractivity contribution in [3.63, 3.8) is 0 Å². The summed E-state index contributed by atoms with van der Waals surface area (Å²) < 4.78 is 2.02. The molecule has 1 heterocycles. The van der Waals surface area contributed by atoms with Crippen molar-refractivity contribution in [1.29, 1.82) is 0 Å². The second-order valence-corrected chi connectivity index (χ2v) is 7.72. The summed E-state index contributed by atoms with van der Waals surface area (Å²) in [6.07, 6.45) is 2.80. The second kappa shape index (κ2) is 10.1. The van der Waals surface area contributed by atoms with Crippen LogP contribution in [0.15, 0.2) is 48.7 Å². The number of benzene rings is 1. The van der Waals surface area contributed by atoms with Crippen LogP contribution in [0, 0.1) is 5.92 Å². The highest BCUT2D eigenvalue weighted by molar-refractivity contribution is 5.86. The number of aromatic nitrogens is 1. The van der Waals surface area contributed by atoms with Crippen LogP contribution < -0.4 is 0 Å². The van der Waals surface area contributed by atoms with Crippen LogP contribution in [0.3, 0.4) is 0 Å². The first kappa shape index (κ1) is 21.7. The Hall–Kier alpha value is -2.56. The molecule has 2 amide bonds. The Morgan fingerprint density at radius 3 is 2.21 bits per heavy atom. The molecule has 2 aromatic rings. The Labute approximate surface area is 168 Å². The van der Waals surface area contributed by atoms with Gasteiger partial charge in [0, 0.05) is 37.4 Å². The molecular formula is C23H33N3O2. The van der Waals surface area contributed by atoms with Crippen molar-refractivity contribution in [3.05, 3.63) is 59.9 Å². The minimum atomic E-state index is -0.128. The summed E-state index contributed by atoms with van der Waals surface area (Å²) in [5.74, 6) is -0.127. The maximum Gasteiger partial charge on any atom is 0.242 e. The van der Waals surface area contributed by atoms with Crippen molar-refractivity contribution >= 4 is 11.8 Å². The van der Waals surface area contributed by atoms with E-state index in [0.29, 0.717) is 13.1 Å². The highest BCUT2D eigenvalue weighted by Gasteiger charge is 2.26. The molecule has 28 heavy (non-hydrogen) atoms. The Kier molecular flexibility index (Phi) is 7.85. The van der Waals surface area contributed by atoms with Crippen LogP contribution in [0.5, 0.6) is 0 Å². The number of hydrogen-bond acceptors (Lipinski definition) is 2. The lowest BCUT2D eigenvalue weighted by molar-refractivity contribution is -0.145. The molecule has 0 aliphatic heterocycles. The summed E-state index contributed by atoms with van der Waals surface area (Å²) in [4.78, 5) is 29.5. The molecule has 0 radical (unpaired) electrons. The monoisotopic (exact) mass is 383 g/mol. The standard InChI is InChI=1S/C23H33N3O2/c1-6-19(4)26(23(28)18(2)3)17-22(27)25(15-20-11-8-7-9-12-20)16-21-13-10-14-24(21)5/h7-14,18-19H,6,15-17H2,1-5H3/t19-/m0/s1. The fourth-order valence-corrected chi connectivity index (χ4v) is 3.14. The summed E-state index contributed by atoms with van der Waals surface area (Å²) in [6, 6.07) is 14.0. The van der Waals surface area contributed by atoms with E-state index in [4.69, 9.17) is 0 Å². The zero-order chi connectivity index (χ0) is 20.7. The summed E-state index contributed by atoms with van der Waals surface area (Å²) in [6.45, 7) is 8.97. The molecule has 1 atom stereocenters. The topological polar surface area (TPSA) is 45.6 Å². The van der Waals surface area contributed by atoms with Crippen molar-refractivity contribution in [2.24, 2.45) is 13.0 Å². The summed E-state index contributed by atoms with van der Waals surface area (Å²) in [5.41, 5.74) is 2.14. The van der Waals surface area contributed by atoms with E-state index in [1.165, 1.54) is 0 Å². The molecule has 5 heteroatoms. The summed E-state index contributed by atoms with van der Waals surface area (Å²) in [7, 11) is 1.98. The average Bonchev–Trinajstić information content (AvgIpc) is 3.09. The quantitative estimate of drug-likeness (QED) is 0.660. The van der Waals surface area contributed by atoms with E-state index in [1.54, 1.807) is 4.90 Å². The summed E-state index contributed by atoms with van der Waals surface area (Å²) >= 11 is 0. The molecule has 2 rings (SSSR count). The molecule has 5 nitrogen and oxygen atoms in total. The fraction of sp³-hybridized carbons (Fsp3) is 0.478. The lowest BCUT2D eigenvalue weighted by Gasteiger charge is -2.32. The minimum Gasteiger partial charge on any atom is -0.353 e. The molecule has 0 aliphatic carbocycles. The number of aryl methyl sites for hydroxylation is 1. The van der Waals surface area contributed by atoms with E-state index in [1.807, 2.05) is 92.9 Å². The zero-order valence-corrected chi connectivity index (χ0v) is 17.8. The van der Waals surface area contributed by atoms with Gasteiger partial charge in [0.2, 0.25) is 11.8 Å². The predicted molar refractivity (Wildman–Crippen MR) is 112 cm³/mol. The van der Waals surface area contributed by atoms with Gasteiger partial charge in [-0.05, 0) is 31.0 Å². The van der Waals surface area contributed by atoms with Gasteiger partial charge in [-0.3, -0.25) is 9.59 Å². The Morgan fingerprint density at radius 2 is 1.68 bits per heavy atom. The second-order valence-electron chi connectivity index (χ2n) is 7.72. The molecule has 0 saturated carbocycles. The smallest absolute Gasteiger partial charge is 0.242 e. The van der Waals surface area contributed by atoms with Gasteiger partial charge in [0.15, 0.2) is 0 Å². The molecule has 0 fully saturated rings. The van der Waals surface area contributed by atoms with Crippen molar-refractivity contribution in [2.75, 3.05) is 6.54 Å². The molecule has 1 aromatic heterocycles. The maximum atomic E-state index is 13.3. The predicted octanol–water partition coefficient (Wildman–Crippen LogP) is 3.84. The van der Waals surface area contributed by atoms with Gasteiger partial charge in [-0.25, -0.2) is 0 Å². The third kappa shape index (κ3) is 5.72. The van der Waals surface area contributed by atoms with Crippen LogP contribution in [0.25, 0.3) is 0 Å². The highest BCUT2D eigenvalue weighted by Crippen LogP contribution is 2.14. The van der Waals surface area contributed by atoms with Crippen LogP contribution in [0.4, 0.5) is 0 Å². The van der Waals surface area contributed by atoms with E-state index in [2.05, 4.69) is 0 Å². The van der Waals surface area contributed by atoms with E-state index < -0.39 is 0 Å². The largest absolute Gasteiger partial charge is 0.353 e. The normalized spacial score (nSPS) is 12.1. The number of nitrogens with zero attached hydrogens (tertiary/aromatic N) is 3.